The number of fused-ring (bicyclic) bond motifs is 1. The van der Waals surface area contributed by atoms with Crippen LogP contribution in [0.2, 0.25) is 0 Å². The van der Waals surface area contributed by atoms with E-state index in [4.69, 9.17) is 19.3 Å². The molecule has 0 spiro atoms. The first kappa shape index (κ1) is 55.5. The molecule has 2 N–H and O–H groups in total. The first-order valence-electron chi connectivity index (χ1n) is 25.2. The number of carbonyl (C=O) groups is 4. The van der Waals surface area contributed by atoms with E-state index in [9.17, 15) is 39.4 Å². The molecule has 1 unspecified atom stereocenters. The number of esters is 2. The van der Waals surface area contributed by atoms with Gasteiger partial charge in [-0.15, -0.1) is 23.1 Å². The number of carbonyl (C=O) groups excluding carboxylic acids is 4. The molecule has 0 saturated carbocycles. The van der Waals surface area contributed by atoms with Crippen molar-refractivity contribution in [2.45, 2.75) is 68.9 Å². The van der Waals surface area contributed by atoms with Crippen LogP contribution in [0.5, 0.6) is 0 Å². The molecule has 1 fully saturated rings. The molecule has 0 aliphatic carbocycles. The number of non-ortho nitro benzene ring substituents is 1. The number of nitrogens with one attached hydrogen (secondary N) is 2. The molecule has 7 aromatic rings. The van der Waals surface area contributed by atoms with Crippen LogP contribution in [0, 0.1) is 20.2 Å². The van der Waals surface area contributed by atoms with Gasteiger partial charge in [0.1, 0.15) is 33.9 Å². The SMILES string of the molecule is CC(C)(C)OC(=O)C(C)(C)ON=C(C(=O)NC1C(=O)N2C(C(=O)OC(c3ccccc3)c3ccccc3)=C(C=Cc3ccc([N+](=O)[O-])cc3[N+](=O)[O-])CS[C@@H]12)c1csc(NC(c2ccccc2)(c2ccccc2)c2ccccc2)n1. The second kappa shape index (κ2) is 23.4. The van der Waals surface area contributed by atoms with E-state index < -0.39 is 79.2 Å². The van der Waals surface area contributed by atoms with Gasteiger partial charge in [0.2, 0.25) is 5.60 Å². The molecule has 1 aromatic heterocycles. The number of amides is 2. The lowest BCUT2D eigenvalue weighted by atomic mass is 9.77. The number of benzene rings is 6. The number of nitro benzene ring substituents is 2. The van der Waals surface area contributed by atoms with Crippen molar-refractivity contribution in [3.8, 4) is 0 Å². The molecule has 1 saturated heterocycles. The third-order valence-electron chi connectivity index (χ3n) is 12.9. The summed E-state index contributed by atoms with van der Waals surface area (Å²) in [6, 6.07) is 49.3. The van der Waals surface area contributed by atoms with Crippen LogP contribution < -0.4 is 10.6 Å². The minimum absolute atomic E-state index is 0.00497. The maximum absolute atomic E-state index is 14.9. The fraction of sp³-hybridized carbons (Fsp3) is 0.200. The minimum Gasteiger partial charge on any atom is -0.457 e. The number of thiazole rings is 1. The average molecular weight is 1110 g/mol. The van der Waals surface area contributed by atoms with E-state index in [2.05, 4.69) is 15.8 Å². The molecular formula is C60H53N7O11S2. The average Bonchev–Trinajstić information content (AvgIpc) is 3.93. The minimum atomic E-state index is -1.72. The first-order chi connectivity index (χ1) is 38.3. The summed E-state index contributed by atoms with van der Waals surface area (Å²) >= 11 is 2.38. The lowest BCUT2D eigenvalue weighted by Crippen LogP contribution is -2.71. The number of nitro groups is 2. The number of thioether (sulfide) groups is 1. The van der Waals surface area contributed by atoms with E-state index in [-0.39, 0.29) is 34.0 Å². The number of ether oxygens (including phenoxy) is 2. The van der Waals surface area contributed by atoms with E-state index in [0.717, 1.165) is 28.8 Å². The predicted octanol–water partition coefficient (Wildman–Crippen LogP) is 10.9. The Morgan fingerprint density at radius 2 is 1.29 bits per heavy atom. The van der Waals surface area contributed by atoms with E-state index in [1.165, 1.54) is 60.1 Å². The Morgan fingerprint density at radius 1 is 0.750 bits per heavy atom. The summed E-state index contributed by atoms with van der Waals surface area (Å²) in [7, 11) is 0. The van der Waals surface area contributed by atoms with Crippen LogP contribution in [-0.2, 0) is 39.0 Å². The fourth-order valence-corrected chi connectivity index (χ4v) is 11.1. The molecule has 20 heteroatoms. The largest absolute Gasteiger partial charge is 0.457 e. The van der Waals surface area contributed by atoms with Gasteiger partial charge in [0, 0.05) is 17.2 Å². The molecule has 3 heterocycles. The van der Waals surface area contributed by atoms with Gasteiger partial charge in [0.15, 0.2) is 16.9 Å². The first-order valence-corrected chi connectivity index (χ1v) is 27.1. The highest BCUT2D eigenvalue weighted by atomic mass is 32.2. The van der Waals surface area contributed by atoms with Gasteiger partial charge < -0.3 is 24.9 Å². The fourth-order valence-electron chi connectivity index (χ4n) is 9.04. The summed E-state index contributed by atoms with van der Waals surface area (Å²) in [5, 5.41) is 35.5. The zero-order chi connectivity index (χ0) is 56.8. The highest BCUT2D eigenvalue weighted by molar-refractivity contribution is 8.00. The van der Waals surface area contributed by atoms with E-state index in [1.807, 2.05) is 103 Å². The number of anilines is 1. The monoisotopic (exact) mass is 1110 g/mol. The quantitative estimate of drug-likeness (QED) is 0.0191. The van der Waals surface area contributed by atoms with E-state index in [1.54, 1.807) is 74.7 Å². The van der Waals surface area contributed by atoms with Crippen LogP contribution in [-0.4, -0.2) is 77.6 Å². The second-order valence-corrected chi connectivity index (χ2v) is 21.9. The maximum Gasteiger partial charge on any atom is 0.356 e. The zero-order valence-electron chi connectivity index (χ0n) is 43.9. The number of oxime groups is 1. The Labute approximate surface area is 468 Å². The van der Waals surface area contributed by atoms with Crippen molar-refractivity contribution < 1.29 is 43.3 Å². The maximum atomic E-state index is 14.9. The number of aromatic nitrogens is 1. The number of nitrogens with zero attached hydrogens (tertiary/aromatic N) is 5. The normalized spacial score (nSPS) is 15.7. The predicted molar refractivity (Wildman–Crippen MR) is 304 cm³/mol. The zero-order valence-corrected chi connectivity index (χ0v) is 45.5. The summed E-state index contributed by atoms with van der Waals surface area (Å²) in [5.41, 5.74) is -1.06. The van der Waals surface area contributed by atoms with Gasteiger partial charge in [-0.1, -0.05) is 163 Å². The molecule has 80 heavy (non-hydrogen) atoms. The van der Waals surface area contributed by atoms with Crippen molar-refractivity contribution in [3.63, 3.8) is 0 Å². The summed E-state index contributed by atoms with van der Waals surface area (Å²) < 4.78 is 11.9. The lowest BCUT2D eigenvalue weighted by Gasteiger charge is -2.49. The Kier molecular flexibility index (Phi) is 16.2. The Bertz CT molecular complexity index is 3420. The van der Waals surface area contributed by atoms with E-state index in [0.29, 0.717) is 16.3 Å². The smallest absolute Gasteiger partial charge is 0.356 e. The molecule has 2 aliphatic heterocycles. The van der Waals surface area contributed by atoms with Gasteiger partial charge in [-0.25, -0.2) is 14.6 Å². The molecule has 18 nitrogen and oxygen atoms in total. The molecule has 0 bridgehead atoms. The van der Waals surface area contributed by atoms with Crippen LogP contribution in [0.25, 0.3) is 6.08 Å². The van der Waals surface area contributed by atoms with Crippen molar-refractivity contribution in [1.82, 2.24) is 15.2 Å². The second-order valence-electron chi connectivity index (χ2n) is 20.0. The summed E-state index contributed by atoms with van der Waals surface area (Å²) in [5.74, 6) is -3.26. The van der Waals surface area contributed by atoms with Crippen molar-refractivity contribution in [1.29, 1.82) is 0 Å². The topological polar surface area (TPSA) is 235 Å². The van der Waals surface area contributed by atoms with Crippen LogP contribution in [0.4, 0.5) is 16.5 Å². The lowest BCUT2D eigenvalue weighted by molar-refractivity contribution is -0.394. The van der Waals surface area contributed by atoms with Gasteiger partial charge in [-0.05, 0) is 80.2 Å². The molecule has 9 rings (SSSR count). The van der Waals surface area contributed by atoms with Gasteiger partial charge in [0.25, 0.3) is 23.2 Å². The number of allylic oxidation sites excluding steroid dienone is 1. The van der Waals surface area contributed by atoms with Crippen LogP contribution in [0.1, 0.15) is 79.8 Å². The Balaban J connectivity index is 1.07. The Hall–Kier alpha value is -9.27. The van der Waals surface area contributed by atoms with Gasteiger partial charge in [0.05, 0.1) is 21.5 Å². The summed E-state index contributed by atoms with van der Waals surface area (Å²) in [6.45, 7) is 7.97. The molecule has 2 amide bonds. The number of rotatable bonds is 19. The standard InChI is InChI=1S/C60H53N7O11S2/c1-58(2,3)77-56(71)59(4,5)78-64-48(46-37-80-57(61-46)63-60(42-25-15-8-16-26-42,43-27-17-9-18-28-43)44-29-19-10-20-30-44)52(68)62-49-53(69)65-50(55(70)76-51(39-21-11-6-12-22-39)40-23-13-7-14-24-40)41(36-79-54(49)65)32-31-38-33-34-45(66(72)73)35-47(38)67(74)75/h6-35,37,49,51,54H,36H2,1-5H3,(H,61,63)(H,62,68)/t49?,54-/m0/s1. The summed E-state index contributed by atoms with van der Waals surface area (Å²) in [4.78, 5) is 92.1. The van der Waals surface area contributed by atoms with Crippen molar-refractivity contribution in [2.75, 3.05) is 11.1 Å². The van der Waals surface area contributed by atoms with Crippen LogP contribution in [0.3, 0.4) is 0 Å². The highest BCUT2D eigenvalue weighted by Gasteiger charge is 2.55. The molecule has 0 radical (unpaired) electrons. The number of β-lactam (4-membered cyclic amide) rings is 1. The Morgan fingerprint density at radius 3 is 1.80 bits per heavy atom. The molecule has 6 aromatic carbocycles. The summed E-state index contributed by atoms with van der Waals surface area (Å²) in [6.07, 6.45) is 1.82. The molecule has 406 valence electrons. The van der Waals surface area contributed by atoms with Crippen LogP contribution >= 0.6 is 23.1 Å². The number of hydrogen-bond acceptors (Lipinski definition) is 16. The van der Waals surface area contributed by atoms with Crippen molar-refractivity contribution in [3.05, 3.63) is 252 Å². The van der Waals surface area contributed by atoms with Gasteiger partial charge in [-0.2, -0.15) is 0 Å². The highest BCUT2D eigenvalue weighted by Crippen LogP contribution is 2.44. The molecular weight excluding hydrogens is 1060 g/mol. The van der Waals surface area contributed by atoms with Crippen LogP contribution in [0.15, 0.2) is 198 Å². The van der Waals surface area contributed by atoms with E-state index >= 15 is 0 Å². The van der Waals surface area contributed by atoms with Crippen molar-refractivity contribution in [2.24, 2.45) is 5.16 Å². The molecule has 2 atom stereocenters. The van der Waals surface area contributed by atoms with Crippen molar-refractivity contribution >= 4 is 75.1 Å². The third-order valence-corrected chi connectivity index (χ3v) is 15.0. The third kappa shape index (κ3) is 11.9. The van der Waals surface area contributed by atoms with Gasteiger partial charge >= 0.3 is 11.9 Å². The molecule has 2 aliphatic rings. The van der Waals surface area contributed by atoms with Gasteiger partial charge in [-0.3, -0.25) is 34.7 Å². The number of hydrogen-bond donors (Lipinski definition) is 2.